The van der Waals surface area contributed by atoms with Crippen molar-refractivity contribution in [3.05, 3.63) is 0 Å². The van der Waals surface area contributed by atoms with Crippen LogP contribution in [0.2, 0.25) is 0 Å². The maximum atomic E-state index is 11.7. The molecule has 1 heterocycles. The molecule has 0 radical (unpaired) electrons. The van der Waals surface area contributed by atoms with Crippen LogP contribution in [0.15, 0.2) is 0 Å². The average Bonchev–Trinajstić information content (AvgIpc) is 2.74. The van der Waals surface area contributed by atoms with E-state index in [9.17, 15) is 4.79 Å². The zero-order valence-electron chi connectivity index (χ0n) is 11.4. The Bertz CT molecular complexity index is 230. The predicted octanol–water partition coefficient (Wildman–Crippen LogP) is 1.40. The van der Waals surface area contributed by atoms with E-state index in [0.717, 1.165) is 26.2 Å². The molecule has 0 unspecified atom stereocenters. The molecule has 1 aliphatic heterocycles. The number of carbonyl (C=O) groups is 1. The van der Waals surface area contributed by atoms with E-state index in [1.165, 1.54) is 12.8 Å². The summed E-state index contributed by atoms with van der Waals surface area (Å²) in [5.74, 6) is 0.284. The molecular weight excluding hydrogens is 216 g/mol. The van der Waals surface area contributed by atoms with Crippen LogP contribution in [-0.4, -0.2) is 49.2 Å². The molecular formula is C13H26N2O2. The van der Waals surface area contributed by atoms with E-state index in [4.69, 9.17) is 4.74 Å². The number of nitrogens with zero attached hydrogens (tertiary/aromatic N) is 1. The van der Waals surface area contributed by atoms with Crippen LogP contribution < -0.4 is 5.32 Å². The van der Waals surface area contributed by atoms with Crippen LogP contribution in [0, 0.1) is 0 Å². The van der Waals surface area contributed by atoms with Gasteiger partial charge in [-0.25, -0.2) is 0 Å². The van der Waals surface area contributed by atoms with Gasteiger partial charge in [0.25, 0.3) is 0 Å². The summed E-state index contributed by atoms with van der Waals surface area (Å²) in [7, 11) is 0. The molecule has 4 heteroatoms. The summed E-state index contributed by atoms with van der Waals surface area (Å²) in [5, 5.41) is 3.24. The highest BCUT2D eigenvalue weighted by Crippen LogP contribution is 2.08. The first-order valence-electron chi connectivity index (χ1n) is 6.61. The van der Waals surface area contributed by atoms with E-state index in [0.29, 0.717) is 13.0 Å². The van der Waals surface area contributed by atoms with Crippen LogP contribution in [0.1, 0.15) is 40.0 Å². The molecule has 1 aliphatic rings. The van der Waals surface area contributed by atoms with Gasteiger partial charge in [-0.3, -0.25) is 4.79 Å². The number of ether oxygens (including phenoxy) is 1. The minimum atomic E-state index is -0.0763. The standard InChI is InChI=1S/C13H26N2O2/c1-13(2,3)17-11-8-14-7-6-12(16)15-9-4-5-10-15/h14H,4-11H2,1-3H3. The Balaban J connectivity index is 1.95. The van der Waals surface area contributed by atoms with Crippen molar-refractivity contribution in [2.45, 2.75) is 45.6 Å². The number of hydrogen-bond donors (Lipinski definition) is 1. The van der Waals surface area contributed by atoms with Crippen molar-refractivity contribution in [1.82, 2.24) is 10.2 Å². The first kappa shape index (κ1) is 14.5. The quantitative estimate of drug-likeness (QED) is 0.716. The molecule has 1 saturated heterocycles. The number of carbonyl (C=O) groups excluding carboxylic acids is 1. The smallest absolute Gasteiger partial charge is 0.223 e. The van der Waals surface area contributed by atoms with E-state index in [1.54, 1.807) is 0 Å². The first-order chi connectivity index (χ1) is 7.99. The zero-order chi connectivity index (χ0) is 12.7. The molecule has 17 heavy (non-hydrogen) atoms. The van der Waals surface area contributed by atoms with Crippen LogP contribution in [0.25, 0.3) is 0 Å². The van der Waals surface area contributed by atoms with Gasteiger partial charge in [0.05, 0.1) is 12.2 Å². The molecule has 0 aromatic rings. The minimum Gasteiger partial charge on any atom is -0.375 e. The second-order valence-electron chi connectivity index (χ2n) is 5.55. The lowest BCUT2D eigenvalue weighted by molar-refractivity contribution is -0.130. The number of hydrogen-bond acceptors (Lipinski definition) is 3. The SMILES string of the molecule is CC(C)(C)OCCNCCC(=O)N1CCCC1. The van der Waals surface area contributed by atoms with E-state index in [1.807, 2.05) is 25.7 Å². The van der Waals surface area contributed by atoms with Gasteiger partial charge in [-0.15, -0.1) is 0 Å². The third-order valence-corrected chi connectivity index (χ3v) is 2.79. The van der Waals surface area contributed by atoms with Gasteiger partial charge < -0.3 is 15.0 Å². The normalized spacial score (nSPS) is 16.5. The van der Waals surface area contributed by atoms with Gasteiger partial charge in [0, 0.05) is 32.6 Å². The third kappa shape index (κ3) is 6.64. The molecule has 0 saturated carbocycles. The molecule has 0 aliphatic carbocycles. The molecule has 100 valence electrons. The Morgan fingerprint density at radius 2 is 1.88 bits per heavy atom. The summed E-state index contributed by atoms with van der Waals surface area (Å²) in [5.41, 5.74) is -0.0763. The molecule has 0 spiro atoms. The second kappa shape index (κ2) is 6.97. The molecule has 1 fully saturated rings. The topological polar surface area (TPSA) is 41.6 Å². The summed E-state index contributed by atoms with van der Waals surface area (Å²) in [6.45, 7) is 10.3. The highest BCUT2D eigenvalue weighted by Gasteiger charge is 2.16. The average molecular weight is 242 g/mol. The Kier molecular flexibility index (Phi) is 5.92. The van der Waals surface area contributed by atoms with Crippen LogP contribution in [0.5, 0.6) is 0 Å². The van der Waals surface area contributed by atoms with E-state index in [-0.39, 0.29) is 11.5 Å². The fourth-order valence-corrected chi connectivity index (χ4v) is 1.87. The highest BCUT2D eigenvalue weighted by molar-refractivity contribution is 5.76. The van der Waals surface area contributed by atoms with Gasteiger partial charge in [0.2, 0.25) is 5.91 Å². The Hall–Kier alpha value is -0.610. The molecule has 4 nitrogen and oxygen atoms in total. The van der Waals surface area contributed by atoms with Crippen LogP contribution in [0.4, 0.5) is 0 Å². The van der Waals surface area contributed by atoms with Gasteiger partial charge in [-0.2, -0.15) is 0 Å². The van der Waals surface area contributed by atoms with Crippen molar-refractivity contribution in [2.24, 2.45) is 0 Å². The van der Waals surface area contributed by atoms with Gasteiger partial charge in [0.1, 0.15) is 0 Å². The van der Waals surface area contributed by atoms with E-state index >= 15 is 0 Å². The monoisotopic (exact) mass is 242 g/mol. The Morgan fingerprint density at radius 3 is 2.47 bits per heavy atom. The Labute approximate surface area is 105 Å². The van der Waals surface area contributed by atoms with Crippen LogP contribution in [-0.2, 0) is 9.53 Å². The maximum absolute atomic E-state index is 11.7. The van der Waals surface area contributed by atoms with Crippen LogP contribution >= 0.6 is 0 Å². The van der Waals surface area contributed by atoms with Crippen molar-refractivity contribution in [1.29, 1.82) is 0 Å². The number of nitrogens with one attached hydrogen (secondary N) is 1. The number of rotatable bonds is 6. The lowest BCUT2D eigenvalue weighted by Crippen LogP contribution is -2.32. The van der Waals surface area contributed by atoms with Crippen molar-refractivity contribution >= 4 is 5.91 Å². The third-order valence-electron chi connectivity index (χ3n) is 2.79. The first-order valence-corrected chi connectivity index (χ1v) is 6.61. The lowest BCUT2D eigenvalue weighted by atomic mass is 10.2. The molecule has 0 aromatic carbocycles. The summed E-state index contributed by atoms with van der Waals surface area (Å²) in [4.78, 5) is 13.7. The van der Waals surface area contributed by atoms with E-state index < -0.39 is 0 Å². The molecule has 1 rings (SSSR count). The van der Waals surface area contributed by atoms with Crippen LogP contribution in [0.3, 0.4) is 0 Å². The van der Waals surface area contributed by atoms with E-state index in [2.05, 4.69) is 5.32 Å². The second-order valence-corrected chi connectivity index (χ2v) is 5.55. The Morgan fingerprint density at radius 1 is 1.24 bits per heavy atom. The van der Waals surface area contributed by atoms with Crippen molar-refractivity contribution in [3.63, 3.8) is 0 Å². The van der Waals surface area contributed by atoms with Crippen molar-refractivity contribution < 1.29 is 9.53 Å². The summed E-state index contributed by atoms with van der Waals surface area (Å²) >= 11 is 0. The lowest BCUT2D eigenvalue weighted by Gasteiger charge is -2.19. The molecule has 0 aromatic heterocycles. The summed E-state index contributed by atoms with van der Waals surface area (Å²) in [6, 6.07) is 0. The van der Waals surface area contributed by atoms with Crippen molar-refractivity contribution in [2.75, 3.05) is 32.8 Å². The number of likely N-dealkylation sites (tertiary alicyclic amines) is 1. The summed E-state index contributed by atoms with van der Waals surface area (Å²) < 4.78 is 5.58. The fourth-order valence-electron chi connectivity index (χ4n) is 1.87. The molecule has 0 bridgehead atoms. The van der Waals surface area contributed by atoms with Gasteiger partial charge in [-0.1, -0.05) is 0 Å². The minimum absolute atomic E-state index is 0.0763. The molecule has 1 N–H and O–H groups in total. The van der Waals surface area contributed by atoms with Gasteiger partial charge in [0.15, 0.2) is 0 Å². The summed E-state index contributed by atoms with van der Waals surface area (Å²) in [6.07, 6.45) is 2.94. The molecule has 1 amide bonds. The fraction of sp³-hybridized carbons (Fsp3) is 0.923. The largest absolute Gasteiger partial charge is 0.375 e. The molecule has 0 atom stereocenters. The van der Waals surface area contributed by atoms with Gasteiger partial charge >= 0.3 is 0 Å². The number of amides is 1. The maximum Gasteiger partial charge on any atom is 0.223 e. The predicted molar refractivity (Wildman–Crippen MR) is 69.0 cm³/mol. The zero-order valence-corrected chi connectivity index (χ0v) is 11.4. The van der Waals surface area contributed by atoms with Gasteiger partial charge in [-0.05, 0) is 33.6 Å². The van der Waals surface area contributed by atoms with Crippen molar-refractivity contribution in [3.8, 4) is 0 Å². The highest BCUT2D eigenvalue weighted by atomic mass is 16.5.